The zero-order valence-corrected chi connectivity index (χ0v) is 26.1. The van der Waals surface area contributed by atoms with Gasteiger partial charge in [0.25, 0.3) is 0 Å². The molecule has 3 aliphatic carbocycles. The number of carbonyl (C=O) groups is 5. The Kier molecular flexibility index (Phi) is 6.99. The van der Waals surface area contributed by atoms with Crippen LogP contribution in [0.1, 0.15) is 85.8 Å². The van der Waals surface area contributed by atoms with Gasteiger partial charge in [0.1, 0.15) is 36.1 Å². The first-order valence-electron chi connectivity index (χ1n) is 15.2. The molecule has 3 heterocycles. The molecular formula is C32H40O12. The number of fused-ring (bicyclic) bond motifs is 3. The quantitative estimate of drug-likeness (QED) is 0.269. The van der Waals surface area contributed by atoms with E-state index in [0.717, 1.165) is 0 Å². The maximum atomic E-state index is 13.6. The highest BCUT2D eigenvalue weighted by atomic mass is 16.7. The van der Waals surface area contributed by atoms with Crippen molar-refractivity contribution >= 4 is 29.8 Å². The number of hydrogen-bond acceptors (Lipinski definition) is 12. The van der Waals surface area contributed by atoms with E-state index in [1.807, 2.05) is 20.8 Å². The van der Waals surface area contributed by atoms with Crippen molar-refractivity contribution in [2.45, 2.75) is 116 Å². The lowest BCUT2D eigenvalue weighted by atomic mass is 9.35. The summed E-state index contributed by atoms with van der Waals surface area (Å²) in [6.07, 6.45) is -0.421. The van der Waals surface area contributed by atoms with Gasteiger partial charge < -0.3 is 32.8 Å². The molecule has 5 aliphatic rings. The zero-order chi connectivity index (χ0) is 32.0. The molecule has 0 amide bonds. The summed E-state index contributed by atoms with van der Waals surface area (Å²) in [4.78, 5) is 63.7. The maximum Gasteiger partial charge on any atom is 0.339 e. The number of furan rings is 1. The fraction of sp³-hybridized carbons (Fsp3) is 0.719. The predicted molar refractivity (Wildman–Crippen MR) is 147 cm³/mol. The Hall–Kier alpha value is -3.41. The molecule has 1 spiro atoms. The third-order valence-electron chi connectivity index (χ3n) is 11.5. The van der Waals surface area contributed by atoms with Crippen LogP contribution < -0.4 is 0 Å². The molecular weight excluding hydrogens is 576 g/mol. The van der Waals surface area contributed by atoms with E-state index in [0.29, 0.717) is 18.4 Å². The minimum Gasteiger partial charge on any atom is -0.472 e. The second-order valence-electron chi connectivity index (χ2n) is 13.8. The van der Waals surface area contributed by atoms with E-state index in [1.54, 1.807) is 6.07 Å². The molecule has 0 N–H and O–H groups in total. The van der Waals surface area contributed by atoms with Crippen molar-refractivity contribution in [1.29, 1.82) is 0 Å². The average molecular weight is 617 g/mol. The lowest BCUT2D eigenvalue weighted by molar-refractivity contribution is -0.304. The van der Waals surface area contributed by atoms with Crippen LogP contribution in [0.25, 0.3) is 0 Å². The molecule has 12 heteroatoms. The summed E-state index contributed by atoms with van der Waals surface area (Å²) in [6, 6.07) is 1.73. The standard InChI is InChI=1S/C32H40O12/c1-15(33)39-21-10-20-11-24(42-18(4)36)31(7)25(30(20,6)23(12-21)41-17(3)35)22(40-16(2)34)13-29(5)26(19-8-9-38-14-19)43-28(37)27-32(29,31)44-27/h8-9,14,20-27H,10-13H2,1-7H3/t20?,21-,22-,23-,24+,25?,26-,27+,29-,30+,31+,32+/m0/s1. The van der Waals surface area contributed by atoms with Gasteiger partial charge in [-0.3, -0.25) is 19.2 Å². The first-order chi connectivity index (χ1) is 20.6. The van der Waals surface area contributed by atoms with Crippen LogP contribution in [0.2, 0.25) is 0 Å². The van der Waals surface area contributed by atoms with Gasteiger partial charge in [0.05, 0.1) is 12.5 Å². The molecule has 2 aliphatic heterocycles. The van der Waals surface area contributed by atoms with E-state index in [2.05, 4.69) is 0 Å². The summed E-state index contributed by atoms with van der Waals surface area (Å²) in [6.45, 7) is 11.2. The third kappa shape index (κ3) is 4.08. The Balaban J connectivity index is 1.58. The van der Waals surface area contributed by atoms with E-state index in [4.69, 9.17) is 32.8 Å². The SMILES string of the molecule is CC(=O)O[C@H]1CC2C[C@@H](OC(C)=O)[C@]3(C)C([C@@H](OC(C)=O)C[C@@]4(C)[C@H](c5ccoc5)OC(=O)[C@H]5O[C@]543)[C@@]2(C)[C@@H](OC(C)=O)C1. The summed E-state index contributed by atoms with van der Waals surface area (Å²) in [5, 5.41) is 0. The van der Waals surface area contributed by atoms with E-state index >= 15 is 0 Å². The lowest BCUT2D eigenvalue weighted by Gasteiger charge is -2.70. The molecule has 2 unspecified atom stereocenters. The van der Waals surface area contributed by atoms with Crippen molar-refractivity contribution < 1.29 is 56.8 Å². The molecule has 6 rings (SSSR count). The van der Waals surface area contributed by atoms with Crippen LogP contribution in [-0.4, -0.2) is 66.0 Å². The van der Waals surface area contributed by atoms with Crippen LogP contribution in [0.15, 0.2) is 23.0 Å². The normalized spacial score (nSPS) is 45.2. The Morgan fingerprint density at radius 3 is 2.05 bits per heavy atom. The molecule has 5 fully saturated rings. The number of esters is 5. The van der Waals surface area contributed by atoms with E-state index in [1.165, 1.54) is 40.2 Å². The zero-order valence-electron chi connectivity index (χ0n) is 26.1. The molecule has 0 bridgehead atoms. The van der Waals surface area contributed by atoms with Gasteiger partial charge in [-0.1, -0.05) is 20.8 Å². The summed E-state index contributed by atoms with van der Waals surface area (Å²) >= 11 is 0. The van der Waals surface area contributed by atoms with Crippen LogP contribution in [0.4, 0.5) is 0 Å². The van der Waals surface area contributed by atoms with Crippen LogP contribution in [0.3, 0.4) is 0 Å². The molecule has 12 nitrogen and oxygen atoms in total. The van der Waals surface area contributed by atoms with Crippen molar-refractivity contribution in [3.63, 3.8) is 0 Å². The second kappa shape index (κ2) is 10.1. The predicted octanol–water partition coefficient (Wildman–Crippen LogP) is 3.59. The highest BCUT2D eigenvalue weighted by Crippen LogP contribution is 2.80. The first-order valence-corrected chi connectivity index (χ1v) is 15.2. The molecule has 0 aromatic carbocycles. The molecule has 1 aromatic rings. The van der Waals surface area contributed by atoms with Crippen LogP contribution in [0.5, 0.6) is 0 Å². The maximum absolute atomic E-state index is 13.6. The Bertz CT molecular complexity index is 1390. The number of hydrogen-bond donors (Lipinski definition) is 0. The molecule has 1 aromatic heterocycles. The number of carbonyl (C=O) groups excluding carboxylic acids is 5. The van der Waals surface area contributed by atoms with Gasteiger partial charge >= 0.3 is 29.8 Å². The lowest BCUT2D eigenvalue weighted by Crippen LogP contribution is -2.77. The van der Waals surface area contributed by atoms with Crippen molar-refractivity contribution in [2.75, 3.05) is 0 Å². The van der Waals surface area contributed by atoms with Crippen LogP contribution in [0, 0.1) is 28.1 Å². The minimum atomic E-state index is -1.19. The summed E-state index contributed by atoms with van der Waals surface area (Å²) < 4.78 is 41.9. The van der Waals surface area contributed by atoms with Gasteiger partial charge in [-0.25, -0.2) is 4.79 Å². The van der Waals surface area contributed by atoms with Crippen LogP contribution in [-0.2, 0) is 52.4 Å². The highest BCUT2D eigenvalue weighted by molar-refractivity contribution is 5.82. The van der Waals surface area contributed by atoms with E-state index in [-0.39, 0.29) is 18.8 Å². The third-order valence-corrected chi connectivity index (χ3v) is 11.5. The van der Waals surface area contributed by atoms with Gasteiger partial charge in [-0.15, -0.1) is 0 Å². The number of ether oxygens (including phenoxy) is 6. The van der Waals surface area contributed by atoms with Gasteiger partial charge in [0.15, 0.2) is 6.10 Å². The largest absolute Gasteiger partial charge is 0.472 e. The van der Waals surface area contributed by atoms with E-state index in [9.17, 15) is 24.0 Å². The Labute approximate surface area is 255 Å². The van der Waals surface area contributed by atoms with E-state index < -0.39 is 94.2 Å². The van der Waals surface area contributed by atoms with Crippen molar-refractivity contribution in [1.82, 2.24) is 0 Å². The monoisotopic (exact) mass is 616 g/mol. The molecule has 3 saturated carbocycles. The van der Waals surface area contributed by atoms with Gasteiger partial charge in [-0.05, 0) is 31.2 Å². The van der Waals surface area contributed by atoms with Gasteiger partial charge in [0, 0.05) is 61.8 Å². The molecule has 44 heavy (non-hydrogen) atoms. The topological polar surface area (TPSA) is 157 Å². The smallest absolute Gasteiger partial charge is 0.339 e. The first kappa shape index (κ1) is 30.6. The fourth-order valence-electron chi connectivity index (χ4n) is 10.2. The van der Waals surface area contributed by atoms with Gasteiger partial charge in [-0.2, -0.15) is 0 Å². The van der Waals surface area contributed by atoms with Crippen molar-refractivity contribution in [3.05, 3.63) is 24.2 Å². The molecule has 2 saturated heterocycles. The summed E-state index contributed by atoms with van der Waals surface area (Å²) in [5.41, 5.74) is -3.52. The number of epoxide rings is 1. The molecule has 240 valence electrons. The Morgan fingerprint density at radius 1 is 0.818 bits per heavy atom. The molecule has 0 radical (unpaired) electrons. The summed E-state index contributed by atoms with van der Waals surface area (Å²) in [5.74, 6) is -3.43. The fourth-order valence-corrected chi connectivity index (χ4v) is 10.2. The van der Waals surface area contributed by atoms with Crippen LogP contribution >= 0.6 is 0 Å². The Morgan fingerprint density at radius 2 is 1.45 bits per heavy atom. The van der Waals surface area contributed by atoms with Crippen molar-refractivity contribution in [3.8, 4) is 0 Å². The minimum absolute atomic E-state index is 0.234. The number of cyclic esters (lactones) is 1. The van der Waals surface area contributed by atoms with Crippen molar-refractivity contribution in [2.24, 2.45) is 28.1 Å². The molecule has 12 atom stereocenters. The highest BCUT2D eigenvalue weighted by Gasteiger charge is 2.90. The summed E-state index contributed by atoms with van der Waals surface area (Å²) in [7, 11) is 0. The second-order valence-corrected chi connectivity index (χ2v) is 13.8. The van der Waals surface area contributed by atoms with Gasteiger partial charge in [0.2, 0.25) is 0 Å². The average Bonchev–Trinajstić information content (AvgIpc) is 3.47. The number of rotatable bonds is 5.